The first kappa shape index (κ1) is 15.7. The monoisotopic (exact) mass is 285 g/mol. The van der Waals surface area contributed by atoms with Crippen LogP contribution >= 0.6 is 11.6 Å². The van der Waals surface area contributed by atoms with Crippen LogP contribution in [0, 0.1) is 0 Å². The lowest BCUT2D eigenvalue weighted by Gasteiger charge is -2.16. The Morgan fingerprint density at radius 3 is 2.21 bits per heavy atom. The Hall–Kier alpha value is -1.39. The maximum Gasteiger partial charge on any atom is 0.203 e. The van der Waals surface area contributed by atoms with Crippen molar-refractivity contribution in [2.45, 2.75) is 19.4 Å². The molecule has 106 valence electrons. The molecule has 0 fully saturated rings. The van der Waals surface area contributed by atoms with Gasteiger partial charge in [0.2, 0.25) is 5.75 Å². The molecule has 0 aliphatic heterocycles. The summed E-state index contributed by atoms with van der Waals surface area (Å²) < 4.78 is 16.2. The minimum atomic E-state index is 0.0591. The largest absolute Gasteiger partial charge is 0.493 e. The first-order valence-electron chi connectivity index (χ1n) is 5.94. The Balaban J connectivity index is 3.09. The van der Waals surface area contributed by atoms with Gasteiger partial charge in [0.15, 0.2) is 11.5 Å². The molecular weight excluding hydrogens is 266 g/mol. The standard InChI is InChI=1S/C14H20ClNO3/c1-9(15)8-19-14-12(17-3)6-11(5-10(2)16)7-13(14)18-4/h6-7,10H,1,5,8,16H2,2-4H3. The Morgan fingerprint density at radius 2 is 1.84 bits per heavy atom. The normalized spacial score (nSPS) is 11.8. The summed E-state index contributed by atoms with van der Waals surface area (Å²) >= 11 is 5.70. The van der Waals surface area contributed by atoms with Gasteiger partial charge in [-0.1, -0.05) is 18.2 Å². The van der Waals surface area contributed by atoms with Gasteiger partial charge in [0, 0.05) is 11.1 Å². The molecule has 0 amide bonds. The maximum atomic E-state index is 5.80. The van der Waals surface area contributed by atoms with Crippen LogP contribution < -0.4 is 19.9 Å². The van der Waals surface area contributed by atoms with Gasteiger partial charge in [0.25, 0.3) is 0 Å². The van der Waals surface area contributed by atoms with Crippen LogP contribution in [-0.4, -0.2) is 26.9 Å². The van der Waals surface area contributed by atoms with E-state index in [1.54, 1.807) is 14.2 Å². The predicted octanol–water partition coefficient (Wildman–Crippen LogP) is 2.72. The van der Waals surface area contributed by atoms with Crippen molar-refractivity contribution in [3.05, 3.63) is 29.3 Å². The lowest BCUT2D eigenvalue weighted by molar-refractivity contribution is 0.298. The number of benzene rings is 1. The minimum absolute atomic E-state index is 0.0591. The summed E-state index contributed by atoms with van der Waals surface area (Å²) in [6.07, 6.45) is 0.731. The zero-order valence-electron chi connectivity index (χ0n) is 11.5. The molecular formula is C14H20ClNO3. The highest BCUT2D eigenvalue weighted by atomic mass is 35.5. The molecule has 0 aromatic heterocycles. The molecule has 1 aromatic carbocycles. The molecule has 0 saturated carbocycles. The molecule has 0 radical (unpaired) electrons. The van der Waals surface area contributed by atoms with Crippen molar-refractivity contribution in [2.75, 3.05) is 20.8 Å². The van der Waals surface area contributed by atoms with Gasteiger partial charge >= 0.3 is 0 Å². The summed E-state index contributed by atoms with van der Waals surface area (Å²) in [6.45, 7) is 5.72. The van der Waals surface area contributed by atoms with Crippen molar-refractivity contribution in [3.8, 4) is 17.2 Å². The van der Waals surface area contributed by atoms with Gasteiger partial charge in [-0.3, -0.25) is 0 Å². The predicted molar refractivity (Wildman–Crippen MR) is 77.4 cm³/mol. The molecule has 1 atom stereocenters. The van der Waals surface area contributed by atoms with Crippen LogP contribution in [0.5, 0.6) is 17.2 Å². The fourth-order valence-electron chi connectivity index (χ4n) is 1.72. The molecule has 0 spiro atoms. The van der Waals surface area contributed by atoms with Crippen molar-refractivity contribution in [3.63, 3.8) is 0 Å². The first-order valence-corrected chi connectivity index (χ1v) is 6.32. The smallest absolute Gasteiger partial charge is 0.203 e. The Bertz CT molecular complexity index is 421. The van der Waals surface area contributed by atoms with Crippen LogP contribution in [0.15, 0.2) is 23.7 Å². The number of hydrogen-bond donors (Lipinski definition) is 1. The van der Waals surface area contributed by atoms with E-state index >= 15 is 0 Å². The second kappa shape index (κ2) is 7.26. The lowest BCUT2D eigenvalue weighted by Crippen LogP contribution is -2.17. The van der Waals surface area contributed by atoms with E-state index in [1.807, 2.05) is 19.1 Å². The van der Waals surface area contributed by atoms with E-state index in [2.05, 4.69) is 6.58 Å². The molecule has 1 rings (SSSR count). The fourth-order valence-corrected chi connectivity index (χ4v) is 1.77. The van der Waals surface area contributed by atoms with Crippen molar-refractivity contribution < 1.29 is 14.2 Å². The Morgan fingerprint density at radius 1 is 1.32 bits per heavy atom. The molecule has 19 heavy (non-hydrogen) atoms. The number of halogens is 1. The van der Waals surface area contributed by atoms with Crippen LogP contribution in [0.4, 0.5) is 0 Å². The van der Waals surface area contributed by atoms with Gasteiger partial charge in [-0.25, -0.2) is 0 Å². The SMILES string of the molecule is C=C(Cl)COc1c(OC)cc(CC(C)N)cc1OC. The Labute approximate surface area is 119 Å². The summed E-state index contributed by atoms with van der Waals surface area (Å²) in [5, 5.41) is 0.406. The third kappa shape index (κ3) is 4.65. The van der Waals surface area contributed by atoms with E-state index < -0.39 is 0 Å². The van der Waals surface area contributed by atoms with Crippen LogP contribution in [0.25, 0.3) is 0 Å². The summed E-state index contributed by atoms with van der Waals surface area (Å²) in [4.78, 5) is 0. The number of ether oxygens (including phenoxy) is 3. The van der Waals surface area contributed by atoms with Crippen molar-refractivity contribution >= 4 is 11.6 Å². The summed E-state index contributed by atoms with van der Waals surface area (Å²) in [5.41, 5.74) is 6.83. The minimum Gasteiger partial charge on any atom is -0.493 e. The summed E-state index contributed by atoms with van der Waals surface area (Å²) in [5.74, 6) is 1.70. The van der Waals surface area contributed by atoms with E-state index in [-0.39, 0.29) is 12.6 Å². The third-order valence-electron chi connectivity index (χ3n) is 2.45. The lowest BCUT2D eigenvalue weighted by atomic mass is 10.1. The maximum absolute atomic E-state index is 5.80. The fraction of sp³-hybridized carbons (Fsp3) is 0.429. The number of nitrogens with two attached hydrogens (primary N) is 1. The van der Waals surface area contributed by atoms with Crippen molar-refractivity contribution in [1.82, 2.24) is 0 Å². The van der Waals surface area contributed by atoms with Crippen LogP contribution in [-0.2, 0) is 6.42 Å². The van der Waals surface area contributed by atoms with E-state index in [1.165, 1.54) is 0 Å². The highest BCUT2D eigenvalue weighted by molar-refractivity contribution is 6.29. The van der Waals surface area contributed by atoms with E-state index in [4.69, 9.17) is 31.5 Å². The first-order chi connectivity index (χ1) is 8.97. The number of methoxy groups -OCH3 is 2. The van der Waals surface area contributed by atoms with Crippen LogP contribution in [0.2, 0.25) is 0 Å². The summed E-state index contributed by atoms with van der Waals surface area (Å²) in [6, 6.07) is 3.83. The zero-order chi connectivity index (χ0) is 14.4. The second-order valence-corrected chi connectivity index (χ2v) is 4.85. The van der Waals surface area contributed by atoms with Gasteiger partial charge in [-0.2, -0.15) is 0 Å². The zero-order valence-corrected chi connectivity index (χ0v) is 12.3. The van der Waals surface area contributed by atoms with Gasteiger partial charge in [-0.15, -0.1) is 0 Å². The average Bonchev–Trinajstić information content (AvgIpc) is 2.35. The topological polar surface area (TPSA) is 53.7 Å². The molecule has 2 N–H and O–H groups in total. The van der Waals surface area contributed by atoms with Gasteiger partial charge in [0.05, 0.1) is 14.2 Å². The van der Waals surface area contributed by atoms with Crippen molar-refractivity contribution in [2.24, 2.45) is 5.73 Å². The summed E-state index contributed by atoms with van der Waals surface area (Å²) in [7, 11) is 3.15. The Kier molecular flexibility index (Phi) is 5.99. The molecule has 0 aliphatic rings. The van der Waals surface area contributed by atoms with E-state index in [0.29, 0.717) is 22.3 Å². The second-order valence-electron chi connectivity index (χ2n) is 4.32. The van der Waals surface area contributed by atoms with Gasteiger partial charge < -0.3 is 19.9 Å². The number of rotatable bonds is 7. The molecule has 5 heteroatoms. The van der Waals surface area contributed by atoms with Crippen molar-refractivity contribution in [1.29, 1.82) is 0 Å². The highest BCUT2D eigenvalue weighted by Crippen LogP contribution is 2.39. The molecule has 0 heterocycles. The van der Waals surface area contributed by atoms with E-state index in [0.717, 1.165) is 12.0 Å². The number of hydrogen-bond acceptors (Lipinski definition) is 4. The third-order valence-corrected chi connectivity index (χ3v) is 2.56. The average molecular weight is 286 g/mol. The van der Waals surface area contributed by atoms with Crippen LogP contribution in [0.1, 0.15) is 12.5 Å². The molecule has 0 aliphatic carbocycles. The molecule has 0 saturated heterocycles. The molecule has 0 bridgehead atoms. The molecule has 4 nitrogen and oxygen atoms in total. The van der Waals surface area contributed by atoms with Gasteiger partial charge in [-0.05, 0) is 31.0 Å². The molecule has 1 unspecified atom stereocenters. The quantitative estimate of drug-likeness (QED) is 0.837. The van der Waals surface area contributed by atoms with Gasteiger partial charge in [0.1, 0.15) is 6.61 Å². The van der Waals surface area contributed by atoms with Crippen LogP contribution in [0.3, 0.4) is 0 Å². The molecule has 1 aromatic rings. The van der Waals surface area contributed by atoms with E-state index in [9.17, 15) is 0 Å². The highest BCUT2D eigenvalue weighted by Gasteiger charge is 2.15.